The Labute approximate surface area is 816 Å². The van der Waals surface area contributed by atoms with Crippen molar-refractivity contribution >= 4 is 185 Å². The summed E-state index contributed by atoms with van der Waals surface area (Å²) in [7, 11) is 0. The van der Waals surface area contributed by atoms with Gasteiger partial charge in [-0.15, -0.1) is 11.3 Å². The van der Waals surface area contributed by atoms with Crippen molar-refractivity contribution in [2.24, 2.45) is 0 Å². The number of fused-ring (bicyclic) bond motifs is 24. The van der Waals surface area contributed by atoms with E-state index in [1.807, 2.05) is 36.4 Å². The average molecular weight is 1830 g/mol. The van der Waals surface area contributed by atoms with E-state index in [1.165, 1.54) is 102 Å². The number of rotatable bonds is 10. The fourth-order valence-corrected chi connectivity index (χ4v) is 23.0. The van der Waals surface area contributed by atoms with Gasteiger partial charge < -0.3 is 8.83 Å². The zero-order valence-corrected chi connectivity index (χ0v) is 77.0. The molecule has 1 aliphatic rings. The van der Waals surface area contributed by atoms with Gasteiger partial charge in [0.15, 0.2) is 17.5 Å². The number of aromatic nitrogens is 9. The van der Waals surface area contributed by atoms with Gasteiger partial charge in [0.1, 0.15) is 49.6 Å². The van der Waals surface area contributed by atoms with Crippen LogP contribution in [0.4, 0.5) is 0 Å². The maximum atomic E-state index is 6.38. The summed E-state index contributed by atoms with van der Waals surface area (Å²) >= 11 is 1.70. The Balaban J connectivity index is 0.000000102. The maximum Gasteiger partial charge on any atom is 0.248 e. The molecule has 11 nitrogen and oxygen atoms in total. The molecule has 31 rings (SSSR count). The quantitative estimate of drug-likeness (QED) is 0.133. The van der Waals surface area contributed by atoms with E-state index in [-0.39, 0.29) is 0 Å². The highest BCUT2D eigenvalue weighted by Gasteiger charge is 2.31. The summed E-state index contributed by atoms with van der Waals surface area (Å²) in [6.45, 7) is 0. The SMILES string of the molecule is c1ccc(-c2cc(-c3ccccc3)cc(-c3nc4c(nc3-n3c5ccccc5c5cc6ccccc6cc53)oc3ccccc34)c2)cc1.c1ccc(-c2cc(-c3ccccc3)cc(-c3nc4c(nc3-n3c5ccccc5c5cc6ccccc6cc53)sc3ccccc34)c2)cc1.c1ccc2c(c1)-c1cccc3c(-c4nc5c(nc4-n4c6ccccc6c6cc7ccccc7cc64)oc4ccccc45)ccc-2c13. The lowest BCUT2D eigenvalue weighted by Gasteiger charge is -2.15. The number of hydrogen-bond acceptors (Lipinski definition) is 9. The lowest BCUT2D eigenvalue weighted by atomic mass is 9.95. The third-order valence-corrected chi connectivity index (χ3v) is 29.5. The smallest absolute Gasteiger partial charge is 0.248 e. The van der Waals surface area contributed by atoms with Crippen molar-refractivity contribution in [2.75, 3.05) is 0 Å². The first-order valence-corrected chi connectivity index (χ1v) is 48.7. The van der Waals surface area contributed by atoms with Crippen LogP contribution in [0.5, 0.6) is 0 Å². The Hall–Kier alpha value is -18.9. The normalized spacial score (nSPS) is 11.9. The van der Waals surface area contributed by atoms with Crippen molar-refractivity contribution in [3.8, 4) is 118 Å². The van der Waals surface area contributed by atoms with Crippen LogP contribution in [0.3, 0.4) is 0 Å². The molecule has 0 saturated carbocycles. The van der Waals surface area contributed by atoms with Crippen molar-refractivity contribution in [3.63, 3.8) is 0 Å². The highest BCUT2D eigenvalue weighted by atomic mass is 32.1. The Morgan fingerprint density at radius 1 is 0.183 bits per heavy atom. The first kappa shape index (κ1) is 80.4. The van der Waals surface area contributed by atoms with Crippen LogP contribution in [0.15, 0.2) is 476 Å². The molecule has 0 unspecified atom stereocenters. The molecule has 12 heteroatoms. The van der Waals surface area contributed by atoms with Crippen molar-refractivity contribution in [1.29, 1.82) is 0 Å². The molecule has 0 radical (unpaired) electrons. The molecular formula is C130H77N9O2S. The first-order chi connectivity index (χ1) is 70.4. The predicted molar refractivity (Wildman–Crippen MR) is 589 cm³/mol. The Morgan fingerprint density at radius 2 is 0.493 bits per heavy atom. The molecule has 1 aliphatic carbocycles. The second-order valence-electron chi connectivity index (χ2n) is 36.6. The van der Waals surface area contributed by atoms with Crippen LogP contribution in [0, 0.1) is 0 Å². The zero-order valence-electron chi connectivity index (χ0n) is 76.2. The number of nitrogens with zero attached hydrogens (tertiary/aromatic N) is 9. The molecule has 9 aromatic heterocycles. The summed E-state index contributed by atoms with van der Waals surface area (Å²) in [6.07, 6.45) is 0. The number of thiophene rings is 1. The molecule has 0 fully saturated rings. The van der Waals surface area contributed by atoms with Crippen LogP contribution in [-0.4, -0.2) is 43.6 Å². The van der Waals surface area contributed by atoms with Gasteiger partial charge in [-0.2, -0.15) is 9.97 Å². The molecule has 0 aliphatic heterocycles. The summed E-state index contributed by atoms with van der Waals surface area (Å²) < 4.78 is 20.8. The summed E-state index contributed by atoms with van der Waals surface area (Å²) in [5, 5.41) is 19.8. The van der Waals surface area contributed by atoms with Crippen LogP contribution in [0.2, 0.25) is 0 Å². The minimum absolute atomic E-state index is 0.518. The summed E-state index contributed by atoms with van der Waals surface area (Å²) in [4.78, 5) is 33.7. The van der Waals surface area contributed by atoms with Crippen molar-refractivity contribution in [3.05, 3.63) is 467 Å². The van der Waals surface area contributed by atoms with Gasteiger partial charge in [-0.1, -0.05) is 346 Å². The van der Waals surface area contributed by atoms with Gasteiger partial charge in [-0.05, 0) is 231 Å². The number of furan rings is 2. The molecule has 142 heavy (non-hydrogen) atoms. The first-order valence-electron chi connectivity index (χ1n) is 47.9. The molecule has 660 valence electrons. The monoisotopic (exact) mass is 1830 g/mol. The highest BCUT2D eigenvalue weighted by molar-refractivity contribution is 7.25. The predicted octanol–water partition coefficient (Wildman–Crippen LogP) is 34.8. The number of benzene rings is 21. The molecule has 30 aromatic rings. The molecule has 21 aromatic carbocycles. The van der Waals surface area contributed by atoms with E-state index in [2.05, 4.69) is 444 Å². The largest absolute Gasteiger partial charge is 0.436 e. The van der Waals surface area contributed by atoms with Crippen LogP contribution >= 0.6 is 11.3 Å². The zero-order chi connectivity index (χ0) is 93.1. The van der Waals surface area contributed by atoms with Gasteiger partial charge >= 0.3 is 0 Å². The Bertz CT molecular complexity index is 9940. The van der Waals surface area contributed by atoms with E-state index in [1.54, 1.807) is 11.3 Å². The third kappa shape index (κ3) is 13.0. The molecule has 9 heterocycles. The lowest BCUT2D eigenvalue weighted by Crippen LogP contribution is -2.03. The topological polar surface area (TPSA) is 118 Å². The van der Waals surface area contributed by atoms with E-state index in [4.69, 9.17) is 38.7 Å². The van der Waals surface area contributed by atoms with Gasteiger partial charge in [-0.25, -0.2) is 19.9 Å². The van der Waals surface area contributed by atoms with E-state index >= 15 is 0 Å². The second kappa shape index (κ2) is 32.4. The number of hydrogen-bond donors (Lipinski definition) is 0. The Kier molecular flexibility index (Phi) is 18.3. The van der Waals surface area contributed by atoms with Gasteiger partial charge in [0.25, 0.3) is 0 Å². The Morgan fingerprint density at radius 3 is 0.930 bits per heavy atom. The summed E-state index contributed by atoms with van der Waals surface area (Å²) in [5.74, 6) is 2.32. The van der Waals surface area contributed by atoms with Crippen LogP contribution in [0.25, 0.3) is 291 Å². The minimum atomic E-state index is 0.518. The molecule has 0 bridgehead atoms. The van der Waals surface area contributed by atoms with Crippen LogP contribution < -0.4 is 0 Å². The van der Waals surface area contributed by atoms with Crippen LogP contribution in [-0.2, 0) is 0 Å². The van der Waals surface area contributed by atoms with Crippen molar-refractivity contribution in [1.82, 2.24) is 43.6 Å². The second-order valence-corrected chi connectivity index (χ2v) is 37.7. The fourth-order valence-electron chi connectivity index (χ4n) is 22.0. The maximum absolute atomic E-state index is 6.38. The lowest BCUT2D eigenvalue weighted by molar-refractivity contribution is 0.651. The van der Waals surface area contributed by atoms with Crippen LogP contribution in [0.1, 0.15) is 0 Å². The summed E-state index contributed by atoms with van der Waals surface area (Å²) in [5.41, 5.74) is 31.3. The van der Waals surface area contributed by atoms with Gasteiger partial charge in [-0.3, -0.25) is 13.7 Å². The molecule has 0 amide bonds. The van der Waals surface area contributed by atoms with Gasteiger partial charge in [0.05, 0.1) is 33.1 Å². The van der Waals surface area contributed by atoms with Crippen molar-refractivity contribution < 1.29 is 8.83 Å². The average Bonchev–Trinajstić information content (AvgIpc) is 1.55. The van der Waals surface area contributed by atoms with E-state index in [0.29, 0.717) is 11.4 Å². The van der Waals surface area contributed by atoms with E-state index in [0.717, 1.165) is 178 Å². The standard InChI is InChI=1S/C44H27N3O.C44H27N3S.C42H23N3O/c2*1-3-13-28(14-4-1)32-23-33(29-15-5-2-6-16-29)25-34(24-32)41-43(46-44-42(45-41)36-20-10-12-22-40(36)48-44)47-38-21-11-9-19-35(38)37-26-30-17-7-8-18-31(30)27-39(37)47;1-2-11-25-23-36-34(22-24(25)10-1)28-14-5-7-18-35(28)45(36)41-39(43-40-33-15-6-8-19-37(33)46-42(40)44-41)32-21-20-31-27-13-4-3-12-26(27)29-16-9-17-30(32)38(29)31/h2*1-27H;1-23H. The van der Waals surface area contributed by atoms with E-state index < -0.39 is 0 Å². The molecule has 0 N–H and O–H groups in total. The van der Waals surface area contributed by atoms with Gasteiger partial charge in [0, 0.05) is 69.9 Å². The molecule has 0 atom stereocenters. The van der Waals surface area contributed by atoms with Crippen molar-refractivity contribution in [2.45, 2.75) is 0 Å². The molecule has 0 saturated heterocycles. The highest BCUT2D eigenvalue weighted by Crippen LogP contribution is 2.52. The fraction of sp³-hybridized carbons (Fsp3) is 0. The van der Waals surface area contributed by atoms with E-state index in [9.17, 15) is 0 Å². The third-order valence-electron chi connectivity index (χ3n) is 28.5. The summed E-state index contributed by atoms with van der Waals surface area (Å²) in [6, 6.07) is 166. The number of para-hydroxylation sites is 5. The molecular weight excluding hydrogens is 1750 g/mol. The molecule has 0 spiro atoms. The van der Waals surface area contributed by atoms with Gasteiger partial charge in [0.2, 0.25) is 11.4 Å². The minimum Gasteiger partial charge on any atom is -0.436 e.